The number of benzene rings is 3. The van der Waals surface area contributed by atoms with Crippen LogP contribution in [0.5, 0.6) is 5.75 Å². The zero-order valence-corrected chi connectivity index (χ0v) is 19.1. The molecule has 1 heterocycles. The largest absolute Gasteiger partial charge is 0.489 e. The van der Waals surface area contributed by atoms with Crippen molar-refractivity contribution in [2.75, 3.05) is 11.4 Å². The van der Waals surface area contributed by atoms with E-state index in [4.69, 9.17) is 9.15 Å². The van der Waals surface area contributed by atoms with Gasteiger partial charge in [0.15, 0.2) is 0 Å². The Morgan fingerprint density at radius 3 is 2.30 bits per heavy atom. The summed E-state index contributed by atoms with van der Waals surface area (Å²) >= 11 is 0. The van der Waals surface area contributed by atoms with Crippen molar-refractivity contribution in [1.82, 2.24) is 0 Å². The number of anilines is 1. The highest BCUT2D eigenvalue weighted by atomic mass is 32.2. The molecule has 1 aromatic heterocycles. The third-order valence-corrected chi connectivity index (χ3v) is 7.38. The molecule has 0 aliphatic carbocycles. The average molecular weight is 468 g/mol. The highest BCUT2D eigenvalue weighted by Gasteiger charge is 2.21. The van der Waals surface area contributed by atoms with Crippen LogP contribution in [0.1, 0.15) is 16.7 Å². The quantitative estimate of drug-likeness (QED) is 0.375. The molecule has 4 rings (SSSR count). The summed E-state index contributed by atoms with van der Waals surface area (Å²) in [5, 5.41) is 0.805. The van der Waals surface area contributed by atoms with Crippen molar-refractivity contribution in [3.63, 3.8) is 0 Å². The molecule has 0 amide bonds. The molecule has 170 valence electrons. The van der Waals surface area contributed by atoms with Gasteiger partial charge in [0.05, 0.1) is 10.6 Å². The molecule has 3 aromatic carbocycles. The molecule has 0 unspecified atom stereocenters. The normalized spacial score (nSPS) is 11.5. The molecule has 8 heteroatoms. The fraction of sp³-hybridized carbons (Fsp3) is 0.160. The van der Waals surface area contributed by atoms with E-state index in [1.54, 1.807) is 24.3 Å². The molecule has 6 nitrogen and oxygen atoms in total. The second-order valence-electron chi connectivity index (χ2n) is 7.68. The Bertz CT molecular complexity index is 1480. The van der Waals surface area contributed by atoms with Gasteiger partial charge in [-0.2, -0.15) is 0 Å². The average Bonchev–Trinajstić information content (AvgIpc) is 2.80. The molecule has 0 atom stereocenters. The minimum atomic E-state index is -3.83. The van der Waals surface area contributed by atoms with E-state index in [0.717, 1.165) is 33.0 Å². The van der Waals surface area contributed by atoms with Gasteiger partial charge >= 0.3 is 5.63 Å². The van der Waals surface area contributed by atoms with Crippen molar-refractivity contribution < 1.29 is 22.0 Å². The topological polar surface area (TPSA) is 76.8 Å². The van der Waals surface area contributed by atoms with Gasteiger partial charge in [0.25, 0.3) is 10.0 Å². The summed E-state index contributed by atoms with van der Waals surface area (Å²) in [6.45, 7) is 4.00. The van der Waals surface area contributed by atoms with Gasteiger partial charge in [-0.15, -0.1) is 0 Å². The van der Waals surface area contributed by atoms with Crippen molar-refractivity contribution in [3.8, 4) is 5.75 Å². The second kappa shape index (κ2) is 8.71. The van der Waals surface area contributed by atoms with Crippen molar-refractivity contribution >= 4 is 26.7 Å². The molecule has 4 aromatic rings. The lowest BCUT2D eigenvalue weighted by molar-refractivity contribution is 0.306. The molecule has 0 fully saturated rings. The first-order valence-electron chi connectivity index (χ1n) is 10.2. The number of halogens is 1. The summed E-state index contributed by atoms with van der Waals surface area (Å²) in [4.78, 5) is 12.0. The third-order valence-electron chi connectivity index (χ3n) is 5.58. The summed E-state index contributed by atoms with van der Waals surface area (Å²) < 4.78 is 51.1. The Balaban J connectivity index is 1.54. The zero-order valence-electron chi connectivity index (χ0n) is 18.3. The lowest BCUT2D eigenvalue weighted by atomic mass is 10.0. The maximum Gasteiger partial charge on any atom is 0.336 e. The smallest absolute Gasteiger partial charge is 0.336 e. The van der Waals surface area contributed by atoms with Gasteiger partial charge in [-0.05, 0) is 73.5 Å². The Hall–Kier alpha value is -3.65. The first kappa shape index (κ1) is 22.5. The van der Waals surface area contributed by atoms with E-state index in [1.165, 1.54) is 25.2 Å². The third kappa shape index (κ3) is 4.47. The number of rotatable bonds is 6. The molecular formula is C25H22FNO5S. The van der Waals surface area contributed by atoms with Crippen LogP contribution in [-0.4, -0.2) is 15.5 Å². The number of nitrogens with zero attached hydrogens (tertiary/aromatic N) is 1. The number of aryl methyl sites for hydroxylation is 2. The van der Waals surface area contributed by atoms with Crippen LogP contribution >= 0.6 is 0 Å². The van der Waals surface area contributed by atoms with E-state index < -0.39 is 21.5 Å². The van der Waals surface area contributed by atoms with Crippen LogP contribution in [0.3, 0.4) is 0 Å². The van der Waals surface area contributed by atoms with Crippen LogP contribution < -0.4 is 14.7 Å². The maximum atomic E-state index is 13.1. The number of ether oxygens (including phenoxy) is 1. The van der Waals surface area contributed by atoms with Gasteiger partial charge in [-0.1, -0.05) is 12.1 Å². The van der Waals surface area contributed by atoms with Crippen molar-refractivity contribution in [2.24, 2.45) is 0 Å². The molecule has 0 radical (unpaired) electrons. The van der Waals surface area contributed by atoms with E-state index in [1.807, 2.05) is 26.0 Å². The van der Waals surface area contributed by atoms with Gasteiger partial charge in [0, 0.05) is 24.1 Å². The first-order chi connectivity index (χ1) is 15.7. The molecule has 0 saturated carbocycles. The van der Waals surface area contributed by atoms with E-state index in [2.05, 4.69) is 0 Å². The molecule has 0 N–H and O–H groups in total. The summed E-state index contributed by atoms with van der Waals surface area (Å²) in [5.74, 6) is 0.00363. The van der Waals surface area contributed by atoms with Crippen LogP contribution in [0.2, 0.25) is 0 Å². The van der Waals surface area contributed by atoms with Gasteiger partial charge < -0.3 is 9.15 Å². The van der Waals surface area contributed by atoms with Crippen molar-refractivity contribution in [2.45, 2.75) is 25.3 Å². The van der Waals surface area contributed by atoms with Crippen LogP contribution in [0.25, 0.3) is 11.0 Å². The minimum Gasteiger partial charge on any atom is -0.489 e. The van der Waals surface area contributed by atoms with E-state index >= 15 is 0 Å². The summed E-state index contributed by atoms with van der Waals surface area (Å²) in [5.41, 5.74) is 3.15. The van der Waals surface area contributed by atoms with Crippen molar-refractivity contribution in [1.29, 1.82) is 0 Å². The van der Waals surface area contributed by atoms with Gasteiger partial charge in [0.1, 0.15) is 23.8 Å². The highest BCUT2D eigenvalue weighted by molar-refractivity contribution is 7.92. The maximum absolute atomic E-state index is 13.1. The zero-order chi connectivity index (χ0) is 23.8. The summed E-state index contributed by atoms with van der Waals surface area (Å²) in [6, 6.07) is 16.5. The van der Waals surface area contributed by atoms with Crippen LogP contribution in [0.15, 0.2) is 80.8 Å². The van der Waals surface area contributed by atoms with E-state index in [9.17, 15) is 17.6 Å². The van der Waals surface area contributed by atoms with E-state index in [0.29, 0.717) is 22.6 Å². The molecular weight excluding hydrogens is 445 g/mol. The monoisotopic (exact) mass is 467 g/mol. The molecule has 0 spiro atoms. The number of hydrogen-bond donors (Lipinski definition) is 0. The lowest BCUT2D eigenvalue weighted by Crippen LogP contribution is -2.26. The SMILES string of the molecule is Cc1ccc2c(COc3ccc(N(C)S(=O)(=O)c4ccc(F)cc4)cc3)cc(=O)oc2c1C. The standard InChI is InChI=1S/C25H22FNO5S/c1-16-4-13-23-18(14-24(28)32-25(23)17(16)2)15-31-21-9-7-20(8-10-21)27(3)33(29,30)22-11-5-19(26)6-12-22/h4-14H,15H2,1-3H3. The summed E-state index contributed by atoms with van der Waals surface area (Å²) in [6.07, 6.45) is 0. The molecule has 0 bridgehead atoms. The fourth-order valence-electron chi connectivity index (χ4n) is 3.46. The first-order valence-corrected chi connectivity index (χ1v) is 11.6. The van der Waals surface area contributed by atoms with Crippen LogP contribution in [-0.2, 0) is 16.6 Å². The molecule has 33 heavy (non-hydrogen) atoms. The lowest BCUT2D eigenvalue weighted by Gasteiger charge is -2.20. The highest BCUT2D eigenvalue weighted by Crippen LogP contribution is 2.27. The Kier molecular flexibility index (Phi) is 5.95. The van der Waals surface area contributed by atoms with Gasteiger partial charge in [0.2, 0.25) is 0 Å². The second-order valence-corrected chi connectivity index (χ2v) is 9.65. The molecule has 0 aliphatic heterocycles. The van der Waals surface area contributed by atoms with Crippen molar-refractivity contribution in [3.05, 3.63) is 99.7 Å². The van der Waals surface area contributed by atoms with Crippen LogP contribution in [0.4, 0.5) is 10.1 Å². The number of fused-ring (bicyclic) bond motifs is 1. The summed E-state index contributed by atoms with van der Waals surface area (Å²) in [7, 11) is -2.41. The predicted octanol–water partition coefficient (Wildman–Crippen LogP) is 4.95. The Morgan fingerprint density at radius 2 is 1.64 bits per heavy atom. The Labute approximate surface area is 190 Å². The van der Waals surface area contributed by atoms with E-state index in [-0.39, 0.29) is 11.5 Å². The predicted molar refractivity (Wildman–Crippen MR) is 125 cm³/mol. The molecule has 0 saturated heterocycles. The Morgan fingerprint density at radius 1 is 0.970 bits per heavy atom. The fourth-order valence-corrected chi connectivity index (χ4v) is 4.66. The number of hydrogen-bond acceptors (Lipinski definition) is 5. The van der Waals surface area contributed by atoms with Gasteiger partial charge in [-0.25, -0.2) is 17.6 Å². The minimum absolute atomic E-state index is 0.00737. The van der Waals surface area contributed by atoms with Crippen LogP contribution in [0, 0.1) is 19.7 Å². The number of sulfonamides is 1. The van der Waals surface area contributed by atoms with Gasteiger partial charge in [-0.3, -0.25) is 4.31 Å². The molecule has 0 aliphatic rings.